The van der Waals surface area contributed by atoms with E-state index in [4.69, 9.17) is 0 Å². The predicted molar refractivity (Wildman–Crippen MR) is 107 cm³/mol. The van der Waals surface area contributed by atoms with Crippen LogP contribution < -0.4 is 10.6 Å². The van der Waals surface area contributed by atoms with Crippen LogP contribution in [0.4, 0.5) is 5.69 Å². The van der Waals surface area contributed by atoms with Crippen LogP contribution in [0.2, 0.25) is 0 Å². The van der Waals surface area contributed by atoms with Crippen molar-refractivity contribution >= 4 is 17.5 Å². The number of carbonyl (C=O) groups is 2. The highest BCUT2D eigenvalue weighted by molar-refractivity contribution is 5.96. The molecule has 0 bridgehead atoms. The number of nitrogens with one attached hydrogen (secondary N) is 2. The van der Waals surface area contributed by atoms with Gasteiger partial charge in [-0.1, -0.05) is 48.5 Å². The largest absolute Gasteiger partial charge is 0.354 e. The maximum absolute atomic E-state index is 12.3. The highest BCUT2D eigenvalue weighted by Crippen LogP contribution is 2.27. The summed E-state index contributed by atoms with van der Waals surface area (Å²) in [5, 5.41) is 5.97. The van der Waals surface area contributed by atoms with Crippen molar-refractivity contribution in [2.75, 3.05) is 26.0 Å². The first-order valence-electron chi connectivity index (χ1n) is 9.41. The molecule has 0 unspecified atom stereocenters. The first-order chi connectivity index (χ1) is 13.0. The molecule has 2 aromatic carbocycles. The van der Waals surface area contributed by atoms with Gasteiger partial charge in [0.25, 0.3) is 0 Å². The van der Waals surface area contributed by atoms with E-state index in [9.17, 15) is 9.59 Å². The number of benzene rings is 2. The molecule has 1 aliphatic heterocycles. The third-order valence-corrected chi connectivity index (χ3v) is 5.13. The summed E-state index contributed by atoms with van der Waals surface area (Å²) in [4.78, 5) is 26.7. The van der Waals surface area contributed by atoms with Gasteiger partial charge in [0, 0.05) is 24.6 Å². The van der Waals surface area contributed by atoms with Crippen molar-refractivity contribution < 1.29 is 9.59 Å². The van der Waals surface area contributed by atoms with Crippen molar-refractivity contribution in [3.05, 3.63) is 65.7 Å². The highest BCUT2D eigenvalue weighted by Gasteiger charge is 2.26. The standard InChI is InChI=1S/C22H27N3O2/c1-25(2)20(16-8-4-3-5-9-16)15-23-21(26)13-12-18-14-17-10-6-7-11-19(17)24-22(18)27/h3-11,18,20H,12-15H2,1-2H3,(H,23,26)(H,24,27)/t18-,20-/m1/s1. The van der Waals surface area contributed by atoms with E-state index in [-0.39, 0.29) is 23.8 Å². The van der Waals surface area contributed by atoms with Crippen LogP contribution in [0.3, 0.4) is 0 Å². The Labute approximate surface area is 160 Å². The molecule has 27 heavy (non-hydrogen) atoms. The lowest BCUT2D eigenvalue weighted by Gasteiger charge is -2.26. The number of nitrogens with zero attached hydrogens (tertiary/aromatic N) is 1. The van der Waals surface area contributed by atoms with Crippen molar-refractivity contribution in [2.24, 2.45) is 5.92 Å². The molecular weight excluding hydrogens is 338 g/mol. The number of hydrogen-bond acceptors (Lipinski definition) is 3. The first-order valence-corrected chi connectivity index (χ1v) is 9.41. The summed E-state index contributed by atoms with van der Waals surface area (Å²) < 4.78 is 0. The van der Waals surface area contributed by atoms with Gasteiger partial charge < -0.3 is 15.5 Å². The average molecular weight is 365 g/mol. The van der Waals surface area contributed by atoms with E-state index in [2.05, 4.69) is 27.7 Å². The van der Waals surface area contributed by atoms with Gasteiger partial charge in [-0.2, -0.15) is 0 Å². The van der Waals surface area contributed by atoms with Gasteiger partial charge in [-0.05, 0) is 44.1 Å². The zero-order valence-corrected chi connectivity index (χ0v) is 15.9. The molecule has 0 fully saturated rings. The van der Waals surface area contributed by atoms with E-state index in [1.165, 1.54) is 5.56 Å². The number of rotatable bonds is 7. The molecule has 0 spiro atoms. The quantitative estimate of drug-likeness (QED) is 0.793. The molecule has 0 saturated carbocycles. The molecule has 142 valence electrons. The fourth-order valence-corrected chi connectivity index (χ4v) is 3.52. The summed E-state index contributed by atoms with van der Waals surface area (Å²) in [6.07, 6.45) is 1.61. The summed E-state index contributed by atoms with van der Waals surface area (Å²) in [7, 11) is 4.02. The molecule has 2 atom stereocenters. The lowest BCUT2D eigenvalue weighted by Crippen LogP contribution is -2.35. The van der Waals surface area contributed by atoms with E-state index in [1.54, 1.807) is 0 Å². The van der Waals surface area contributed by atoms with Crippen molar-refractivity contribution in [1.82, 2.24) is 10.2 Å². The summed E-state index contributed by atoms with van der Waals surface area (Å²) in [6.45, 7) is 0.551. The Kier molecular flexibility index (Phi) is 6.24. The first kappa shape index (κ1) is 19.1. The van der Waals surface area contributed by atoms with Crippen LogP contribution in [0.15, 0.2) is 54.6 Å². The molecule has 3 rings (SSSR count). The monoisotopic (exact) mass is 365 g/mol. The van der Waals surface area contributed by atoms with Gasteiger partial charge >= 0.3 is 0 Å². The Balaban J connectivity index is 1.50. The van der Waals surface area contributed by atoms with Gasteiger partial charge in [-0.3, -0.25) is 9.59 Å². The lowest BCUT2D eigenvalue weighted by molar-refractivity contribution is -0.123. The summed E-state index contributed by atoms with van der Waals surface area (Å²) in [5.41, 5.74) is 3.20. The van der Waals surface area contributed by atoms with E-state index in [0.29, 0.717) is 25.8 Å². The number of para-hydroxylation sites is 1. The Morgan fingerprint density at radius 1 is 1.15 bits per heavy atom. The molecule has 0 radical (unpaired) electrons. The zero-order chi connectivity index (χ0) is 19.2. The fraction of sp³-hybridized carbons (Fsp3) is 0.364. The zero-order valence-electron chi connectivity index (χ0n) is 15.9. The second-order valence-electron chi connectivity index (χ2n) is 7.28. The molecule has 1 heterocycles. The third-order valence-electron chi connectivity index (χ3n) is 5.13. The Hall–Kier alpha value is -2.66. The third kappa shape index (κ3) is 4.95. The SMILES string of the molecule is CN(C)[C@H](CNC(=O)CC[C@@H]1Cc2ccccc2NC1=O)c1ccccc1. The molecule has 0 aromatic heterocycles. The van der Waals surface area contributed by atoms with Gasteiger partial charge in [0.1, 0.15) is 0 Å². The van der Waals surface area contributed by atoms with Crippen LogP contribution in [0.1, 0.15) is 30.0 Å². The Morgan fingerprint density at radius 2 is 1.85 bits per heavy atom. The minimum Gasteiger partial charge on any atom is -0.354 e. The smallest absolute Gasteiger partial charge is 0.227 e. The molecule has 0 aliphatic carbocycles. The van der Waals surface area contributed by atoms with Gasteiger partial charge in [0.15, 0.2) is 0 Å². The topological polar surface area (TPSA) is 61.4 Å². The summed E-state index contributed by atoms with van der Waals surface area (Å²) >= 11 is 0. The molecule has 2 N–H and O–H groups in total. The number of hydrogen-bond donors (Lipinski definition) is 2. The van der Waals surface area contributed by atoms with Crippen LogP contribution in [-0.2, 0) is 16.0 Å². The molecular formula is C22H27N3O2. The molecule has 0 saturated heterocycles. The highest BCUT2D eigenvalue weighted by atomic mass is 16.2. The molecule has 5 heteroatoms. The minimum atomic E-state index is -0.149. The number of carbonyl (C=O) groups excluding carboxylic acids is 2. The maximum atomic E-state index is 12.3. The maximum Gasteiger partial charge on any atom is 0.227 e. The molecule has 2 aromatic rings. The predicted octanol–water partition coefficient (Wildman–Crippen LogP) is 3.00. The van der Waals surface area contributed by atoms with Crippen molar-refractivity contribution in [3.63, 3.8) is 0 Å². The van der Waals surface area contributed by atoms with Crippen molar-refractivity contribution in [2.45, 2.75) is 25.3 Å². The van der Waals surface area contributed by atoms with Crippen molar-refractivity contribution in [3.8, 4) is 0 Å². The van der Waals surface area contributed by atoms with Gasteiger partial charge in [0.2, 0.25) is 11.8 Å². The normalized spacial score (nSPS) is 17.1. The van der Waals surface area contributed by atoms with Crippen LogP contribution in [0.5, 0.6) is 0 Å². The van der Waals surface area contributed by atoms with E-state index in [1.807, 2.05) is 56.6 Å². The fourth-order valence-electron chi connectivity index (χ4n) is 3.52. The van der Waals surface area contributed by atoms with Crippen LogP contribution in [-0.4, -0.2) is 37.4 Å². The van der Waals surface area contributed by atoms with Crippen LogP contribution in [0, 0.1) is 5.92 Å². The summed E-state index contributed by atoms with van der Waals surface area (Å²) in [5.74, 6) is -0.147. The number of likely N-dealkylation sites (N-methyl/N-ethyl adjacent to an activating group) is 1. The van der Waals surface area contributed by atoms with Gasteiger partial charge in [-0.25, -0.2) is 0 Å². The second kappa shape index (κ2) is 8.82. The molecule has 5 nitrogen and oxygen atoms in total. The number of fused-ring (bicyclic) bond motifs is 1. The van der Waals surface area contributed by atoms with Crippen LogP contribution >= 0.6 is 0 Å². The Bertz CT molecular complexity index is 789. The lowest BCUT2D eigenvalue weighted by atomic mass is 9.89. The molecule has 1 aliphatic rings. The average Bonchev–Trinajstić information content (AvgIpc) is 2.67. The van der Waals surface area contributed by atoms with E-state index in [0.717, 1.165) is 11.3 Å². The Morgan fingerprint density at radius 3 is 2.59 bits per heavy atom. The summed E-state index contributed by atoms with van der Waals surface area (Å²) in [6, 6.07) is 18.1. The number of anilines is 1. The van der Waals surface area contributed by atoms with E-state index < -0.39 is 0 Å². The van der Waals surface area contributed by atoms with Gasteiger partial charge in [0.05, 0.1) is 6.04 Å². The number of amides is 2. The molecule has 2 amide bonds. The van der Waals surface area contributed by atoms with Crippen LogP contribution in [0.25, 0.3) is 0 Å². The van der Waals surface area contributed by atoms with E-state index >= 15 is 0 Å². The minimum absolute atomic E-state index is 0.00978. The van der Waals surface area contributed by atoms with Gasteiger partial charge in [-0.15, -0.1) is 0 Å². The second-order valence-corrected chi connectivity index (χ2v) is 7.28. The van der Waals surface area contributed by atoms with Crippen molar-refractivity contribution in [1.29, 1.82) is 0 Å².